The number of hydrogen-bond acceptors (Lipinski definition) is 2. The van der Waals surface area contributed by atoms with Gasteiger partial charge in [-0.25, -0.2) is 0 Å². The van der Waals surface area contributed by atoms with Crippen molar-refractivity contribution in [3.8, 4) is 18.1 Å². The Morgan fingerprint density at radius 1 is 1.38 bits per heavy atom. The van der Waals surface area contributed by atoms with E-state index in [1.54, 1.807) is 7.11 Å². The van der Waals surface area contributed by atoms with Crippen molar-refractivity contribution in [1.82, 2.24) is 0 Å². The van der Waals surface area contributed by atoms with Crippen LogP contribution in [0.25, 0.3) is 0 Å². The van der Waals surface area contributed by atoms with Crippen LogP contribution in [-0.2, 0) is 0 Å². The molecule has 0 fully saturated rings. The van der Waals surface area contributed by atoms with Gasteiger partial charge in [0, 0.05) is 12.7 Å². The number of hydrogen-bond donors (Lipinski definition) is 0. The molecule has 0 heterocycles. The minimum atomic E-state index is 0.617. The van der Waals surface area contributed by atoms with Crippen LogP contribution in [0.2, 0.25) is 0 Å². The largest absolute Gasteiger partial charge is 0.497 e. The number of rotatable bonds is 3. The topological polar surface area (TPSA) is 12.5 Å². The Bertz CT molecular complexity index is 297. The van der Waals surface area contributed by atoms with E-state index >= 15 is 0 Å². The number of anilines is 1. The summed E-state index contributed by atoms with van der Waals surface area (Å²) in [7, 11) is 3.61. The molecule has 68 valence electrons. The van der Waals surface area contributed by atoms with E-state index in [1.807, 2.05) is 36.2 Å². The molecule has 0 bridgehead atoms. The summed E-state index contributed by atoms with van der Waals surface area (Å²) < 4.78 is 5.05. The van der Waals surface area contributed by atoms with Crippen LogP contribution in [0.4, 0.5) is 5.69 Å². The monoisotopic (exact) mass is 175 g/mol. The lowest BCUT2D eigenvalue weighted by Crippen LogP contribution is -2.16. The number of ether oxygens (including phenoxy) is 1. The van der Waals surface area contributed by atoms with Gasteiger partial charge in [-0.1, -0.05) is 5.92 Å². The van der Waals surface area contributed by atoms with Gasteiger partial charge >= 0.3 is 0 Å². The van der Waals surface area contributed by atoms with Gasteiger partial charge in [-0.3, -0.25) is 0 Å². The van der Waals surface area contributed by atoms with Gasteiger partial charge in [-0.2, -0.15) is 0 Å². The molecular weight excluding hydrogens is 162 g/mol. The van der Waals surface area contributed by atoms with Gasteiger partial charge in [0.15, 0.2) is 0 Å². The molecule has 0 aliphatic carbocycles. The Hall–Kier alpha value is -1.62. The molecule has 0 amide bonds. The van der Waals surface area contributed by atoms with Crippen molar-refractivity contribution in [2.45, 2.75) is 0 Å². The van der Waals surface area contributed by atoms with Crippen LogP contribution in [-0.4, -0.2) is 20.7 Å². The van der Waals surface area contributed by atoms with Gasteiger partial charge in [0.1, 0.15) is 5.75 Å². The smallest absolute Gasteiger partial charge is 0.119 e. The van der Waals surface area contributed by atoms with Crippen LogP contribution < -0.4 is 9.64 Å². The summed E-state index contributed by atoms with van der Waals surface area (Å²) in [6.07, 6.45) is 5.21. The average Bonchev–Trinajstić information content (AvgIpc) is 2.18. The fraction of sp³-hybridized carbons (Fsp3) is 0.273. The van der Waals surface area contributed by atoms with E-state index in [0.29, 0.717) is 6.54 Å². The second-order valence-corrected chi connectivity index (χ2v) is 2.76. The first-order valence-electron chi connectivity index (χ1n) is 4.06. The third kappa shape index (κ3) is 2.41. The molecule has 0 spiro atoms. The number of benzene rings is 1. The Kier molecular flexibility index (Phi) is 3.22. The summed E-state index contributed by atoms with van der Waals surface area (Å²) >= 11 is 0. The van der Waals surface area contributed by atoms with Crippen molar-refractivity contribution in [3.63, 3.8) is 0 Å². The predicted molar refractivity (Wildman–Crippen MR) is 55.1 cm³/mol. The van der Waals surface area contributed by atoms with E-state index < -0.39 is 0 Å². The molecule has 0 atom stereocenters. The maximum absolute atomic E-state index is 5.21. The Balaban J connectivity index is 2.74. The van der Waals surface area contributed by atoms with E-state index in [9.17, 15) is 0 Å². The van der Waals surface area contributed by atoms with Crippen LogP contribution in [0, 0.1) is 12.3 Å². The lowest BCUT2D eigenvalue weighted by atomic mass is 10.3. The Morgan fingerprint density at radius 3 is 2.46 bits per heavy atom. The van der Waals surface area contributed by atoms with Crippen molar-refractivity contribution >= 4 is 5.69 Å². The maximum Gasteiger partial charge on any atom is 0.119 e. The van der Waals surface area contributed by atoms with Crippen LogP contribution in [0.15, 0.2) is 24.3 Å². The fourth-order valence-corrected chi connectivity index (χ4v) is 1.06. The zero-order valence-corrected chi connectivity index (χ0v) is 7.95. The molecule has 0 aliphatic rings. The molecule has 2 nitrogen and oxygen atoms in total. The third-order valence-electron chi connectivity index (χ3n) is 1.84. The van der Waals surface area contributed by atoms with Crippen molar-refractivity contribution in [2.24, 2.45) is 0 Å². The zero-order chi connectivity index (χ0) is 9.68. The second kappa shape index (κ2) is 4.42. The van der Waals surface area contributed by atoms with Gasteiger partial charge in [-0.05, 0) is 24.3 Å². The molecule has 0 N–H and O–H groups in total. The van der Waals surface area contributed by atoms with E-state index in [0.717, 1.165) is 11.4 Å². The highest BCUT2D eigenvalue weighted by Crippen LogP contribution is 2.17. The van der Waals surface area contributed by atoms with Crippen molar-refractivity contribution in [3.05, 3.63) is 24.3 Å². The van der Waals surface area contributed by atoms with Crippen molar-refractivity contribution in [2.75, 3.05) is 25.6 Å². The summed E-state index contributed by atoms with van der Waals surface area (Å²) in [6.45, 7) is 0.617. The molecular formula is C11H13NO. The number of terminal acetylenes is 1. The second-order valence-electron chi connectivity index (χ2n) is 2.76. The highest BCUT2D eigenvalue weighted by Gasteiger charge is 1.97. The van der Waals surface area contributed by atoms with Crippen LogP contribution >= 0.6 is 0 Å². The summed E-state index contributed by atoms with van der Waals surface area (Å²) in [4.78, 5) is 2.00. The lowest BCUT2D eigenvalue weighted by Gasteiger charge is -2.15. The molecule has 1 aromatic carbocycles. The Morgan fingerprint density at radius 2 is 2.00 bits per heavy atom. The van der Waals surface area contributed by atoms with E-state index in [2.05, 4.69) is 5.92 Å². The molecule has 13 heavy (non-hydrogen) atoms. The van der Waals surface area contributed by atoms with Crippen LogP contribution in [0.3, 0.4) is 0 Å². The van der Waals surface area contributed by atoms with Crippen LogP contribution in [0.5, 0.6) is 5.75 Å². The molecule has 0 radical (unpaired) electrons. The number of methoxy groups -OCH3 is 1. The van der Waals surface area contributed by atoms with Gasteiger partial charge in [0.2, 0.25) is 0 Å². The zero-order valence-electron chi connectivity index (χ0n) is 7.95. The van der Waals surface area contributed by atoms with Crippen molar-refractivity contribution < 1.29 is 4.74 Å². The molecule has 0 aromatic heterocycles. The standard InChI is InChI=1S/C11H13NO/c1-4-9-12(2)10-5-7-11(13-3)8-6-10/h1,5-8H,9H2,2-3H3. The maximum atomic E-state index is 5.21. The SMILES string of the molecule is C#CCN(C)c1ccc(OC)cc1. The Labute approximate surface area is 79.1 Å². The predicted octanol–water partition coefficient (Wildman–Crippen LogP) is 1.76. The highest BCUT2D eigenvalue weighted by atomic mass is 16.5. The van der Waals surface area contributed by atoms with E-state index in [-0.39, 0.29) is 0 Å². The number of nitrogens with zero attached hydrogens (tertiary/aromatic N) is 1. The quantitative estimate of drug-likeness (QED) is 0.649. The average molecular weight is 175 g/mol. The first-order chi connectivity index (χ1) is 6.27. The van der Waals surface area contributed by atoms with E-state index in [1.165, 1.54) is 0 Å². The first-order valence-corrected chi connectivity index (χ1v) is 4.06. The summed E-state index contributed by atoms with van der Waals surface area (Å²) in [5.41, 5.74) is 1.10. The minimum absolute atomic E-state index is 0.617. The molecule has 0 unspecified atom stereocenters. The van der Waals surface area contributed by atoms with E-state index in [4.69, 9.17) is 11.2 Å². The van der Waals surface area contributed by atoms with Crippen LogP contribution in [0.1, 0.15) is 0 Å². The summed E-state index contributed by atoms with van der Waals surface area (Å²) in [6, 6.07) is 7.80. The minimum Gasteiger partial charge on any atom is -0.497 e. The molecule has 0 saturated carbocycles. The summed E-state index contributed by atoms with van der Waals surface area (Å²) in [5.74, 6) is 3.45. The highest BCUT2D eigenvalue weighted by molar-refractivity contribution is 5.49. The van der Waals surface area contributed by atoms with Gasteiger partial charge in [0.25, 0.3) is 0 Å². The van der Waals surface area contributed by atoms with Gasteiger partial charge < -0.3 is 9.64 Å². The third-order valence-corrected chi connectivity index (χ3v) is 1.84. The van der Waals surface area contributed by atoms with Gasteiger partial charge in [-0.15, -0.1) is 6.42 Å². The summed E-state index contributed by atoms with van der Waals surface area (Å²) in [5, 5.41) is 0. The molecule has 1 rings (SSSR count). The fourth-order valence-electron chi connectivity index (χ4n) is 1.06. The molecule has 0 saturated heterocycles. The lowest BCUT2D eigenvalue weighted by molar-refractivity contribution is 0.415. The molecule has 1 aromatic rings. The van der Waals surface area contributed by atoms with Crippen molar-refractivity contribution in [1.29, 1.82) is 0 Å². The van der Waals surface area contributed by atoms with Gasteiger partial charge in [0.05, 0.1) is 13.7 Å². The molecule has 0 aliphatic heterocycles. The first kappa shape index (κ1) is 9.47. The molecule has 2 heteroatoms. The normalized spacial score (nSPS) is 9.00.